The second-order valence-electron chi connectivity index (χ2n) is 5.40. The summed E-state index contributed by atoms with van der Waals surface area (Å²) >= 11 is 0. The van der Waals surface area contributed by atoms with Gasteiger partial charge < -0.3 is 14.5 Å². The van der Waals surface area contributed by atoms with Gasteiger partial charge >= 0.3 is 0 Å². The molecule has 1 fully saturated rings. The molecule has 100 valence electrons. The van der Waals surface area contributed by atoms with Crippen molar-refractivity contribution < 1.29 is 4.74 Å². The van der Waals surface area contributed by atoms with Crippen LogP contribution in [0.25, 0.3) is 0 Å². The summed E-state index contributed by atoms with van der Waals surface area (Å²) in [7, 11) is 4.23. The average Bonchev–Trinajstić information content (AvgIpc) is 2.39. The van der Waals surface area contributed by atoms with Gasteiger partial charge in [0, 0.05) is 27.2 Å². The lowest BCUT2D eigenvalue weighted by molar-refractivity contribution is 0.122. The topological polar surface area (TPSA) is 15.7 Å². The van der Waals surface area contributed by atoms with Gasteiger partial charge in [0.2, 0.25) is 0 Å². The van der Waals surface area contributed by atoms with E-state index >= 15 is 0 Å². The fourth-order valence-electron chi connectivity index (χ4n) is 2.33. The zero-order valence-corrected chi connectivity index (χ0v) is 11.9. The molecule has 1 aromatic rings. The van der Waals surface area contributed by atoms with E-state index in [1.807, 2.05) is 0 Å². The van der Waals surface area contributed by atoms with E-state index in [1.54, 1.807) is 0 Å². The summed E-state index contributed by atoms with van der Waals surface area (Å²) < 4.78 is 5.43. The number of rotatable bonds is 3. The van der Waals surface area contributed by atoms with Gasteiger partial charge in [-0.3, -0.25) is 0 Å². The van der Waals surface area contributed by atoms with E-state index in [1.165, 1.54) is 16.9 Å². The largest absolute Gasteiger partial charge is 0.378 e. The summed E-state index contributed by atoms with van der Waals surface area (Å²) in [5.41, 5.74) is 4.03. The molecule has 0 bridgehead atoms. The molecule has 1 aliphatic heterocycles. The molecule has 0 aliphatic carbocycles. The van der Waals surface area contributed by atoms with E-state index in [0.29, 0.717) is 5.92 Å². The molecule has 1 saturated heterocycles. The summed E-state index contributed by atoms with van der Waals surface area (Å²) in [6.45, 7) is 8.12. The Kier molecular flexibility index (Phi) is 4.12. The van der Waals surface area contributed by atoms with E-state index in [4.69, 9.17) is 4.74 Å². The second kappa shape index (κ2) is 5.61. The monoisotopic (exact) mass is 248 g/mol. The first-order valence-corrected chi connectivity index (χ1v) is 6.73. The molecule has 0 unspecified atom stereocenters. The minimum Gasteiger partial charge on any atom is -0.378 e. The number of ether oxygens (including phenoxy) is 1. The molecule has 2 rings (SSSR count). The number of morpholine rings is 1. The van der Waals surface area contributed by atoms with Crippen LogP contribution < -0.4 is 9.80 Å². The molecule has 1 aromatic carbocycles. The van der Waals surface area contributed by atoms with E-state index in [0.717, 1.165) is 26.3 Å². The lowest BCUT2D eigenvalue weighted by Gasteiger charge is -2.32. The highest BCUT2D eigenvalue weighted by Crippen LogP contribution is 2.32. The molecule has 18 heavy (non-hydrogen) atoms. The van der Waals surface area contributed by atoms with Crippen molar-refractivity contribution in [3.8, 4) is 0 Å². The Morgan fingerprint density at radius 1 is 1.17 bits per heavy atom. The molecular weight excluding hydrogens is 224 g/mol. The minimum absolute atomic E-state index is 0.572. The van der Waals surface area contributed by atoms with Gasteiger partial charge in [-0.2, -0.15) is 0 Å². The third kappa shape index (κ3) is 2.78. The number of anilines is 2. The van der Waals surface area contributed by atoms with Crippen molar-refractivity contribution in [2.24, 2.45) is 0 Å². The van der Waals surface area contributed by atoms with Gasteiger partial charge in [0.25, 0.3) is 0 Å². The Morgan fingerprint density at radius 3 is 2.39 bits per heavy atom. The maximum absolute atomic E-state index is 5.43. The number of benzene rings is 1. The van der Waals surface area contributed by atoms with Crippen molar-refractivity contribution in [2.75, 3.05) is 50.2 Å². The maximum Gasteiger partial charge on any atom is 0.0642 e. The van der Waals surface area contributed by atoms with Crippen LogP contribution in [0.4, 0.5) is 11.4 Å². The van der Waals surface area contributed by atoms with Crippen molar-refractivity contribution in [3.63, 3.8) is 0 Å². The summed E-state index contributed by atoms with van der Waals surface area (Å²) in [6.07, 6.45) is 0. The van der Waals surface area contributed by atoms with Gasteiger partial charge in [-0.05, 0) is 23.6 Å². The molecule has 0 radical (unpaired) electrons. The van der Waals surface area contributed by atoms with E-state index < -0.39 is 0 Å². The first kappa shape index (κ1) is 13.2. The fraction of sp³-hybridized carbons (Fsp3) is 0.600. The van der Waals surface area contributed by atoms with Crippen molar-refractivity contribution in [1.29, 1.82) is 0 Å². The van der Waals surface area contributed by atoms with Crippen molar-refractivity contribution in [3.05, 3.63) is 23.8 Å². The molecule has 0 saturated carbocycles. The van der Waals surface area contributed by atoms with E-state index in [9.17, 15) is 0 Å². The van der Waals surface area contributed by atoms with E-state index in [-0.39, 0.29) is 0 Å². The number of hydrogen-bond donors (Lipinski definition) is 0. The molecule has 0 aromatic heterocycles. The maximum atomic E-state index is 5.43. The van der Waals surface area contributed by atoms with Gasteiger partial charge in [-0.15, -0.1) is 0 Å². The molecule has 0 spiro atoms. The highest BCUT2D eigenvalue weighted by molar-refractivity contribution is 5.72. The minimum atomic E-state index is 0.572. The molecule has 3 heteroatoms. The van der Waals surface area contributed by atoms with Crippen molar-refractivity contribution >= 4 is 11.4 Å². The summed E-state index contributed by atoms with van der Waals surface area (Å²) in [5, 5.41) is 0. The highest BCUT2D eigenvalue weighted by Gasteiger charge is 2.16. The molecule has 0 amide bonds. The SMILES string of the molecule is CC(C)c1ccc(N2CCOCC2)c(N(C)C)c1. The Morgan fingerprint density at radius 2 is 1.83 bits per heavy atom. The third-order valence-corrected chi connectivity index (χ3v) is 3.50. The van der Waals surface area contributed by atoms with E-state index in [2.05, 4.69) is 55.9 Å². The standard InChI is InChI=1S/C15H24N2O/c1-12(2)13-5-6-14(15(11-13)16(3)4)17-7-9-18-10-8-17/h5-6,11-12H,7-10H2,1-4H3. The van der Waals surface area contributed by atoms with Crippen LogP contribution in [0, 0.1) is 0 Å². The van der Waals surface area contributed by atoms with Crippen LogP contribution >= 0.6 is 0 Å². The van der Waals surface area contributed by atoms with Gasteiger partial charge in [-0.25, -0.2) is 0 Å². The van der Waals surface area contributed by atoms with Gasteiger partial charge in [-0.1, -0.05) is 19.9 Å². The van der Waals surface area contributed by atoms with Gasteiger partial charge in [0.05, 0.1) is 24.6 Å². The third-order valence-electron chi connectivity index (χ3n) is 3.50. The summed E-state index contributed by atoms with van der Waals surface area (Å²) in [6, 6.07) is 6.83. The first-order valence-electron chi connectivity index (χ1n) is 6.73. The molecule has 3 nitrogen and oxygen atoms in total. The predicted molar refractivity (Wildman–Crippen MR) is 77.9 cm³/mol. The molecule has 1 heterocycles. The van der Waals surface area contributed by atoms with Crippen LogP contribution in [0.1, 0.15) is 25.3 Å². The summed E-state index contributed by atoms with van der Waals surface area (Å²) in [5.74, 6) is 0.572. The Balaban J connectivity index is 2.33. The lowest BCUT2D eigenvalue weighted by Crippen LogP contribution is -2.37. The predicted octanol–water partition coefficient (Wildman–Crippen LogP) is 2.71. The summed E-state index contributed by atoms with van der Waals surface area (Å²) in [4.78, 5) is 4.62. The Hall–Kier alpha value is -1.22. The average molecular weight is 248 g/mol. The normalized spacial score (nSPS) is 16.2. The van der Waals surface area contributed by atoms with Crippen molar-refractivity contribution in [1.82, 2.24) is 0 Å². The lowest BCUT2D eigenvalue weighted by atomic mass is 10.0. The van der Waals surface area contributed by atoms with Crippen LogP contribution in [-0.2, 0) is 4.74 Å². The molecule has 0 N–H and O–H groups in total. The Labute approximate surface area is 110 Å². The van der Waals surface area contributed by atoms with Crippen LogP contribution in [0.5, 0.6) is 0 Å². The van der Waals surface area contributed by atoms with Crippen LogP contribution in [-0.4, -0.2) is 40.4 Å². The van der Waals surface area contributed by atoms with Gasteiger partial charge in [0.15, 0.2) is 0 Å². The molecular formula is C15H24N2O. The second-order valence-corrected chi connectivity index (χ2v) is 5.40. The molecule has 1 aliphatic rings. The van der Waals surface area contributed by atoms with Crippen molar-refractivity contribution in [2.45, 2.75) is 19.8 Å². The Bertz CT molecular complexity index is 395. The molecule has 0 atom stereocenters. The number of hydrogen-bond acceptors (Lipinski definition) is 3. The first-order chi connectivity index (χ1) is 8.59. The highest BCUT2D eigenvalue weighted by atomic mass is 16.5. The van der Waals surface area contributed by atoms with Crippen LogP contribution in [0.15, 0.2) is 18.2 Å². The van der Waals surface area contributed by atoms with Crippen LogP contribution in [0.3, 0.4) is 0 Å². The van der Waals surface area contributed by atoms with Crippen LogP contribution in [0.2, 0.25) is 0 Å². The number of nitrogens with zero attached hydrogens (tertiary/aromatic N) is 2. The van der Waals surface area contributed by atoms with Gasteiger partial charge in [0.1, 0.15) is 0 Å². The quantitative estimate of drug-likeness (QED) is 0.818. The smallest absolute Gasteiger partial charge is 0.0642 e. The fourth-order valence-corrected chi connectivity index (χ4v) is 2.33. The zero-order valence-electron chi connectivity index (χ0n) is 11.9. The zero-order chi connectivity index (χ0) is 13.1.